The third-order valence-electron chi connectivity index (χ3n) is 3.04. The summed E-state index contributed by atoms with van der Waals surface area (Å²) in [5, 5.41) is 9.82. The molecule has 96 valence electrons. The Hall–Kier alpha value is -1.06. The number of aliphatic hydroxyl groups is 1. The van der Waals surface area contributed by atoms with E-state index in [1.165, 1.54) is 5.56 Å². The van der Waals surface area contributed by atoms with Gasteiger partial charge in [-0.05, 0) is 30.9 Å². The van der Waals surface area contributed by atoms with Crippen LogP contribution in [-0.4, -0.2) is 23.9 Å². The fourth-order valence-corrected chi connectivity index (χ4v) is 1.53. The molecule has 0 saturated carbocycles. The van der Waals surface area contributed by atoms with Crippen LogP contribution in [0.15, 0.2) is 24.3 Å². The van der Waals surface area contributed by atoms with Crippen LogP contribution in [0.2, 0.25) is 0 Å². The van der Waals surface area contributed by atoms with Crippen molar-refractivity contribution in [3.8, 4) is 5.75 Å². The van der Waals surface area contributed by atoms with E-state index in [4.69, 9.17) is 10.5 Å². The normalized spacial score (nSPS) is 16.3. The molecule has 3 N–H and O–H groups in total. The molecule has 1 rings (SSSR count). The predicted octanol–water partition coefficient (Wildman–Crippen LogP) is 2.29. The summed E-state index contributed by atoms with van der Waals surface area (Å²) in [6.07, 6.45) is 1.06. The molecule has 17 heavy (non-hydrogen) atoms. The van der Waals surface area contributed by atoms with Crippen LogP contribution in [0.4, 0.5) is 0 Å². The Balaban J connectivity index is 2.77. The van der Waals surface area contributed by atoms with Crippen molar-refractivity contribution < 1.29 is 9.84 Å². The van der Waals surface area contributed by atoms with Gasteiger partial charge in [-0.2, -0.15) is 0 Å². The molecule has 1 aromatic rings. The third kappa shape index (κ3) is 4.02. The van der Waals surface area contributed by atoms with Crippen LogP contribution in [0.1, 0.15) is 38.7 Å². The van der Waals surface area contributed by atoms with E-state index in [0.29, 0.717) is 5.92 Å². The average Bonchev–Trinajstić information content (AvgIpc) is 2.36. The van der Waals surface area contributed by atoms with Crippen LogP contribution < -0.4 is 10.5 Å². The monoisotopic (exact) mass is 237 g/mol. The maximum Gasteiger partial charge on any atom is 0.122 e. The van der Waals surface area contributed by atoms with Crippen molar-refractivity contribution in [1.82, 2.24) is 0 Å². The second-order valence-electron chi connectivity index (χ2n) is 4.84. The Morgan fingerprint density at radius 1 is 1.41 bits per heavy atom. The average molecular weight is 237 g/mol. The van der Waals surface area contributed by atoms with E-state index >= 15 is 0 Å². The highest BCUT2D eigenvalue weighted by Crippen LogP contribution is 2.28. The number of nitrogens with two attached hydrogens (primary N) is 1. The number of hydrogen-bond acceptors (Lipinski definition) is 3. The molecule has 3 heteroatoms. The highest BCUT2D eigenvalue weighted by molar-refractivity contribution is 5.35. The smallest absolute Gasteiger partial charge is 0.122 e. The Morgan fingerprint density at radius 3 is 2.65 bits per heavy atom. The lowest BCUT2D eigenvalue weighted by Gasteiger charge is -2.23. The quantitative estimate of drug-likeness (QED) is 0.798. The highest BCUT2D eigenvalue weighted by Gasteiger charge is 2.20. The minimum atomic E-state index is -0.970. The molecule has 2 atom stereocenters. The minimum Gasteiger partial charge on any atom is -0.490 e. The van der Waals surface area contributed by atoms with Gasteiger partial charge < -0.3 is 15.6 Å². The van der Waals surface area contributed by atoms with E-state index in [1.54, 1.807) is 6.92 Å². The summed E-state index contributed by atoms with van der Waals surface area (Å²) in [4.78, 5) is 0. The molecule has 0 saturated heterocycles. The van der Waals surface area contributed by atoms with Gasteiger partial charge in [-0.1, -0.05) is 32.0 Å². The fraction of sp³-hybridized carbons (Fsp3) is 0.571. The maximum atomic E-state index is 9.82. The van der Waals surface area contributed by atoms with E-state index < -0.39 is 5.60 Å². The maximum absolute atomic E-state index is 9.82. The van der Waals surface area contributed by atoms with Crippen LogP contribution in [0.3, 0.4) is 0 Å². The van der Waals surface area contributed by atoms with Gasteiger partial charge in [0, 0.05) is 6.54 Å². The summed E-state index contributed by atoms with van der Waals surface area (Å²) in [6, 6.07) is 7.96. The third-order valence-corrected chi connectivity index (χ3v) is 3.04. The van der Waals surface area contributed by atoms with Crippen molar-refractivity contribution in [3.63, 3.8) is 0 Å². The van der Waals surface area contributed by atoms with Gasteiger partial charge >= 0.3 is 0 Å². The fourth-order valence-electron chi connectivity index (χ4n) is 1.53. The van der Waals surface area contributed by atoms with E-state index in [9.17, 15) is 5.11 Å². The number of para-hydroxylation sites is 1. The van der Waals surface area contributed by atoms with Crippen LogP contribution in [0.25, 0.3) is 0 Å². The number of ether oxygens (including phenoxy) is 1. The van der Waals surface area contributed by atoms with Crippen molar-refractivity contribution >= 4 is 0 Å². The molecule has 3 nitrogen and oxygen atoms in total. The highest BCUT2D eigenvalue weighted by atomic mass is 16.5. The molecule has 0 aliphatic carbocycles. The summed E-state index contributed by atoms with van der Waals surface area (Å²) in [6.45, 7) is 6.41. The molecule has 1 aromatic carbocycles. The molecule has 0 amide bonds. The summed E-state index contributed by atoms with van der Waals surface area (Å²) < 4.78 is 5.69. The van der Waals surface area contributed by atoms with Crippen LogP contribution >= 0.6 is 0 Å². The molecular weight excluding hydrogens is 214 g/mol. The number of rotatable bonds is 6. The van der Waals surface area contributed by atoms with Gasteiger partial charge in [-0.25, -0.2) is 0 Å². The zero-order valence-electron chi connectivity index (χ0n) is 10.9. The van der Waals surface area contributed by atoms with Crippen molar-refractivity contribution in [3.05, 3.63) is 29.8 Å². The lowest BCUT2D eigenvalue weighted by Crippen LogP contribution is -2.40. The molecule has 0 heterocycles. The first-order chi connectivity index (χ1) is 8.00. The van der Waals surface area contributed by atoms with Crippen molar-refractivity contribution in [2.45, 2.75) is 38.7 Å². The van der Waals surface area contributed by atoms with E-state index in [1.807, 2.05) is 18.2 Å². The van der Waals surface area contributed by atoms with Crippen LogP contribution in [0, 0.1) is 0 Å². The van der Waals surface area contributed by atoms with Gasteiger partial charge in [-0.15, -0.1) is 0 Å². The lowest BCUT2D eigenvalue weighted by atomic mass is 9.98. The minimum absolute atomic E-state index is 0.193. The first-order valence-electron chi connectivity index (χ1n) is 6.14. The van der Waals surface area contributed by atoms with Crippen LogP contribution in [0.5, 0.6) is 5.75 Å². The van der Waals surface area contributed by atoms with Gasteiger partial charge in [0.05, 0.1) is 0 Å². The Bertz CT molecular complexity index is 350. The summed E-state index contributed by atoms with van der Waals surface area (Å²) in [7, 11) is 0. The topological polar surface area (TPSA) is 55.5 Å². The predicted molar refractivity (Wildman–Crippen MR) is 70.3 cm³/mol. The molecule has 0 aliphatic heterocycles. The van der Waals surface area contributed by atoms with Gasteiger partial charge in [-0.3, -0.25) is 0 Å². The SMILES string of the molecule is CCC(C)c1ccccc1OCC(C)(O)CN. The first kappa shape index (κ1) is 14.0. The van der Waals surface area contributed by atoms with Gasteiger partial charge in [0.25, 0.3) is 0 Å². The Labute approximate surface area is 104 Å². The molecule has 0 spiro atoms. The molecular formula is C14H23NO2. The Kier molecular flexibility index (Phi) is 4.97. The van der Waals surface area contributed by atoms with Crippen molar-refractivity contribution in [1.29, 1.82) is 0 Å². The summed E-state index contributed by atoms with van der Waals surface area (Å²) in [5.74, 6) is 1.30. The lowest BCUT2D eigenvalue weighted by molar-refractivity contribution is 0.0191. The summed E-state index contributed by atoms with van der Waals surface area (Å²) >= 11 is 0. The molecule has 2 unspecified atom stereocenters. The summed E-state index contributed by atoms with van der Waals surface area (Å²) in [5.41, 5.74) is 5.68. The van der Waals surface area contributed by atoms with E-state index in [-0.39, 0.29) is 13.2 Å². The zero-order chi connectivity index (χ0) is 12.9. The van der Waals surface area contributed by atoms with Crippen molar-refractivity contribution in [2.75, 3.05) is 13.2 Å². The van der Waals surface area contributed by atoms with E-state index in [0.717, 1.165) is 12.2 Å². The van der Waals surface area contributed by atoms with Crippen LogP contribution in [-0.2, 0) is 0 Å². The molecule has 0 aromatic heterocycles. The Morgan fingerprint density at radius 2 is 2.06 bits per heavy atom. The zero-order valence-corrected chi connectivity index (χ0v) is 10.9. The second-order valence-corrected chi connectivity index (χ2v) is 4.84. The molecule has 0 bridgehead atoms. The first-order valence-corrected chi connectivity index (χ1v) is 6.14. The largest absolute Gasteiger partial charge is 0.490 e. The van der Waals surface area contributed by atoms with E-state index in [2.05, 4.69) is 19.9 Å². The molecule has 0 fully saturated rings. The van der Waals surface area contributed by atoms with Gasteiger partial charge in [0.2, 0.25) is 0 Å². The van der Waals surface area contributed by atoms with Gasteiger partial charge in [0.15, 0.2) is 0 Å². The second kappa shape index (κ2) is 6.03. The number of hydrogen-bond donors (Lipinski definition) is 2. The standard InChI is InChI=1S/C14H23NO2/c1-4-11(2)12-7-5-6-8-13(12)17-10-14(3,16)9-15/h5-8,11,16H,4,9-10,15H2,1-3H3. The molecule has 0 radical (unpaired) electrons. The van der Waals surface area contributed by atoms with Gasteiger partial charge in [0.1, 0.15) is 18.0 Å². The van der Waals surface area contributed by atoms with Crippen molar-refractivity contribution in [2.24, 2.45) is 5.73 Å². The number of benzene rings is 1. The molecule has 0 aliphatic rings.